The van der Waals surface area contributed by atoms with Gasteiger partial charge in [-0.15, -0.1) is 10.2 Å². The molecular weight excluding hydrogens is 395 g/mol. The average Bonchev–Trinajstić information content (AvgIpc) is 3.24. The lowest BCUT2D eigenvalue weighted by Gasteiger charge is -2.34. The summed E-state index contributed by atoms with van der Waals surface area (Å²) >= 11 is 0. The highest BCUT2D eigenvalue weighted by Gasteiger charge is 2.23. The molecule has 164 valence electrons. The SMILES string of the molecule is CN(Cc1nnc(-c2ccc(F)cc2)o1)CC1CCN(CC(O)c2ccccc2)CC1. The van der Waals surface area contributed by atoms with Gasteiger partial charge >= 0.3 is 0 Å². The summed E-state index contributed by atoms with van der Waals surface area (Å²) in [6.07, 6.45) is 1.78. The summed E-state index contributed by atoms with van der Waals surface area (Å²) in [4.78, 5) is 4.56. The average molecular weight is 425 g/mol. The minimum Gasteiger partial charge on any atom is -0.419 e. The molecule has 2 aromatic carbocycles. The molecule has 1 aromatic heterocycles. The van der Waals surface area contributed by atoms with Crippen molar-refractivity contribution < 1.29 is 13.9 Å². The van der Waals surface area contributed by atoms with E-state index in [4.69, 9.17) is 4.42 Å². The van der Waals surface area contributed by atoms with Crippen LogP contribution in [-0.4, -0.2) is 58.3 Å². The van der Waals surface area contributed by atoms with E-state index in [2.05, 4.69) is 27.0 Å². The molecule has 2 heterocycles. The second-order valence-electron chi connectivity index (χ2n) is 8.38. The minimum absolute atomic E-state index is 0.288. The summed E-state index contributed by atoms with van der Waals surface area (Å²) in [6, 6.07) is 15.9. The lowest BCUT2D eigenvalue weighted by Crippen LogP contribution is -2.39. The number of β-amino-alcohol motifs (C(OH)–C–C–N with tert-alkyl or cyclic N) is 1. The van der Waals surface area contributed by atoms with Crippen molar-refractivity contribution in [2.45, 2.75) is 25.5 Å². The molecule has 1 aliphatic heterocycles. The smallest absolute Gasteiger partial charge is 0.247 e. The fraction of sp³-hybridized carbons (Fsp3) is 0.417. The number of aromatic nitrogens is 2. The van der Waals surface area contributed by atoms with Gasteiger partial charge in [-0.05, 0) is 68.7 Å². The first kappa shape index (κ1) is 21.6. The molecule has 1 aliphatic rings. The molecule has 0 spiro atoms. The summed E-state index contributed by atoms with van der Waals surface area (Å²) in [5.41, 5.74) is 1.69. The molecule has 1 N–H and O–H groups in total. The summed E-state index contributed by atoms with van der Waals surface area (Å²) in [5.74, 6) is 1.29. The number of nitrogens with zero attached hydrogens (tertiary/aromatic N) is 4. The molecule has 1 saturated heterocycles. The maximum atomic E-state index is 13.1. The standard InChI is InChI=1S/C24H29FN4O2/c1-28(17-23-26-27-24(31-23)20-7-9-21(25)10-8-20)15-18-11-13-29(14-12-18)16-22(30)19-5-3-2-4-6-19/h2-10,18,22,30H,11-17H2,1H3. The quantitative estimate of drug-likeness (QED) is 0.594. The number of halogens is 1. The molecule has 0 radical (unpaired) electrons. The summed E-state index contributed by atoms with van der Waals surface area (Å²) in [5, 5.41) is 18.7. The molecule has 3 aromatic rings. The van der Waals surface area contributed by atoms with Gasteiger partial charge in [0.15, 0.2) is 0 Å². The zero-order chi connectivity index (χ0) is 21.6. The first-order valence-corrected chi connectivity index (χ1v) is 10.8. The number of hydrogen-bond acceptors (Lipinski definition) is 6. The van der Waals surface area contributed by atoms with Gasteiger partial charge in [0.25, 0.3) is 0 Å². The Hall–Kier alpha value is -2.61. The fourth-order valence-electron chi connectivity index (χ4n) is 4.14. The number of hydrogen-bond donors (Lipinski definition) is 1. The number of rotatable bonds is 8. The van der Waals surface area contributed by atoms with Gasteiger partial charge in [-0.25, -0.2) is 4.39 Å². The second-order valence-corrected chi connectivity index (χ2v) is 8.38. The zero-order valence-corrected chi connectivity index (χ0v) is 17.8. The third-order valence-corrected chi connectivity index (χ3v) is 5.86. The van der Waals surface area contributed by atoms with Gasteiger partial charge < -0.3 is 14.4 Å². The van der Waals surface area contributed by atoms with E-state index in [-0.39, 0.29) is 5.82 Å². The van der Waals surface area contributed by atoms with Gasteiger partial charge in [0.1, 0.15) is 5.82 Å². The molecular formula is C24H29FN4O2. The number of piperidine rings is 1. The van der Waals surface area contributed by atoms with Gasteiger partial charge in [0.2, 0.25) is 11.8 Å². The third-order valence-electron chi connectivity index (χ3n) is 5.86. The van der Waals surface area contributed by atoms with Gasteiger partial charge in [-0.1, -0.05) is 30.3 Å². The van der Waals surface area contributed by atoms with Crippen LogP contribution in [0.15, 0.2) is 59.0 Å². The van der Waals surface area contributed by atoms with E-state index < -0.39 is 6.10 Å². The predicted octanol–water partition coefficient (Wildman–Crippen LogP) is 3.75. The molecule has 6 nitrogen and oxygen atoms in total. The Labute approximate surface area is 182 Å². The van der Waals surface area contributed by atoms with E-state index in [1.54, 1.807) is 12.1 Å². The maximum absolute atomic E-state index is 13.1. The minimum atomic E-state index is -0.437. The fourth-order valence-corrected chi connectivity index (χ4v) is 4.14. The van der Waals surface area contributed by atoms with Crippen LogP contribution in [-0.2, 0) is 6.54 Å². The van der Waals surface area contributed by atoms with E-state index in [1.165, 1.54) is 12.1 Å². The van der Waals surface area contributed by atoms with E-state index >= 15 is 0 Å². The van der Waals surface area contributed by atoms with Crippen molar-refractivity contribution in [2.24, 2.45) is 5.92 Å². The van der Waals surface area contributed by atoms with Gasteiger partial charge in [-0.2, -0.15) is 0 Å². The Morgan fingerprint density at radius 1 is 1.10 bits per heavy atom. The summed E-state index contributed by atoms with van der Waals surface area (Å²) in [6.45, 7) is 4.22. The van der Waals surface area contributed by atoms with Crippen LogP contribution in [0, 0.1) is 11.7 Å². The molecule has 31 heavy (non-hydrogen) atoms. The van der Waals surface area contributed by atoms with E-state index in [0.717, 1.165) is 38.0 Å². The van der Waals surface area contributed by atoms with Crippen LogP contribution >= 0.6 is 0 Å². The van der Waals surface area contributed by atoms with Gasteiger partial charge in [-0.3, -0.25) is 4.90 Å². The first-order chi connectivity index (χ1) is 15.1. The number of likely N-dealkylation sites (tertiary alicyclic amines) is 1. The molecule has 4 rings (SSSR count). The lowest BCUT2D eigenvalue weighted by molar-refractivity contribution is 0.0818. The number of aliphatic hydroxyl groups is 1. The molecule has 0 aliphatic carbocycles. The van der Waals surface area contributed by atoms with Gasteiger partial charge in [0, 0.05) is 18.7 Å². The summed E-state index contributed by atoms with van der Waals surface area (Å²) in [7, 11) is 2.06. The van der Waals surface area contributed by atoms with Crippen molar-refractivity contribution in [3.63, 3.8) is 0 Å². The van der Waals surface area contributed by atoms with Crippen LogP contribution in [0.3, 0.4) is 0 Å². The highest BCUT2D eigenvalue weighted by Crippen LogP contribution is 2.23. The van der Waals surface area contributed by atoms with Crippen LogP contribution in [0.4, 0.5) is 4.39 Å². The molecule has 1 unspecified atom stereocenters. The Morgan fingerprint density at radius 2 is 1.81 bits per heavy atom. The monoisotopic (exact) mass is 424 g/mol. The highest BCUT2D eigenvalue weighted by atomic mass is 19.1. The zero-order valence-electron chi connectivity index (χ0n) is 17.8. The Morgan fingerprint density at radius 3 is 2.52 bits per heavy atom. The molecule has 1 atom stereocenters. The molecule has 1 fully saturated rings. The van der Waals surface area contributed by atoms with Crippen LogP contribution in [0.1, 0.15) is 30.4 Å². The summed E-state index contributed by atoms with van der Waals surface area (Å²) < 4.78 is 18.8. The second kappa shape index (κ2) is 10.1. The van der Waals surface area contributed by atoms with Crippen LogP contribution < -0.4 is 0 Å². The molecule has 7 heteroatoms. The van der Waals surface area contributed by atoms with E-state index in [9.17, 15) is 9.50 Å². The largest absolute Gasteiger partial charge is 0.419 e. The van der Waals surface area contributed by atoms with Crippen LogP contribution in [0.25, 0.3) is 11.5 Å². The van der Waals surface area contributed by atoms with Crippen molar-refractivity contribution in [3.8, 4) is 11.5 Å². The molecule has 0 saturated carbocycles. The maximum Gasteiger partial charge on any atom is 0.247 e. The van der Waals surface area contributed by atoms with Crippen molar-refractivity contribution in [1.29, 1.82) is 0 Å². The topological polar surface area (TPSA) is 65.6 Å². The van der Waals surface area contributed by atoms with Crippen LogP contribution in [0.5, 0.6) is 0 Å². The Balaban J connectivity index is 1.21. The van der Waals surface area contributed by atoms with Crippen molar-refractivity contribution in [3.05, 3.63) is 71.9 Å². The van der Waals surface area contributed by atoms with Crippen molar-refractivity contribution in [1.82, 2.24) is 20.0 Å². The Bertz CT molecular complexity index is 940. The number of benzene rings is 2. The van der Waals surface area contributed by atoms with Crippen molar-refractivity contribution in [2.75, 3.05) is 33.2 Å². The number of aliphatic hydroxyl groups excluding tert-OH is 1. The highest BCUT2D eigenvalue weighted by molar-refractivity contribution is 5.51. The van der Waals surface area contributed by atoms with Gasteiger partial charge in [0.05, 0.1) is 12.6 Å². The molecule has 0 bridgehead atoms. The van der Waals surface area contributed by atoms with E-state index in [1.807, 2.05) is 30.3 Å². The predicted molar refractivity (Wildman–Crippen MR) is 117 cm³/mol. The van der Waals surface area contributed by atoms with Crippen LogP contribution in [0.2, 0.25) is 0 Å². The normalized spacial score (nSPS) is 16.6. The van der Waals surface area contributed by atoms with E-state index in [0.29, 0.717) is 36.4 Å². The lowest BCUT2D eigenvalue weighted by atomic mass is 9.95. The first-order valence-electron chi connectivity index (χ1n) is 10.8. The Kier molecular flexibility index (Phi) is 7.06. The van der Waals surface area contributed by atoms with Crippen molar-refractivity contribution >= 4 is 0 Å². The third kappa shape index (κ3) is 5.97. The molecule has 0 amide bonds.